The van der Waals surface area contributed by atoms with Gasteiger partial charge in [-0.15, -0.1) is 0 Å². The first-order valence-electron chi connectivity index (χ1n) is 7.31. The van der Waals surface area contributed by atoms with Crippen molar-refractivity contribution in [3.8, 4) is 0 Å². The van der Waals surface area contributed by atoms with Crippen LogP contribution in [-0.2, 0) is 16.6 Å². The van der Waals surface area contributed by atoms with Crippen LogP contribution in [0, 0.1) is 5.82 Å². The van der Waals surface area contributed by atoms with E-state index in [1.165, 1.54) is 10.4 Å². The third kappa shape index (κ3) is 3.27. The molecule has 2 rings (SSSR count). The van der Waals surface area contributed by atoms with Crippen LogP contribution in [0.1, 0.15) is 39.2 Å². The third-order valence-corrected chi connectivity index (χ3v) is 6.18. The molecule has 0 atom stereocenters. The molecule has 118 valence electrons. The molecule has 1 aliphatic heterocycles. The maximum Gasteiger partial charge on any atom is 0.243 e. The maximum atomic E-state index is 13.6. The Bertz CT molecular complexity index is 614. The van der Waals surface area contributed by atoms with E-state index >= 15 is 0 Å². The summed E-state index contributed by atoms with van der Waals surface area (Å²) in [5.41, 5.74) is 0.196. The Morgan fingerprint density at radius 3 is 2.67 bits per heavy atom. The molecule has 1 saturated heterocycles. The zero-order chi connectivity index (χ0) is 15.7. The first kappa shape index (κ1) is 16.4. The van der Waals surface area contributed by atoms with Crippen molar-refractivity contribution in [3.63, 3.8) is 0 Å². The summed E-state index contributed by atoms with van der Waals surface area (Å²) < 4.78 is 40.9. The Labute approximate surface area is 126 Å². The van der Waals surface area contributed by atoms with Crippen molar-refractivity contribution in [2.45, 2.75) is 50.6 Å². The first-order valence-corrected chi connectivity index (χ1v) is 8.75. The number of sulfonamides is 1. The molecule has 0 aliphatic carbocycles. The molecule has 0 radical (unpaired) electrons. The predicted octanol–water partition coefficient (Wildman–Crippen LogP) is 2.50. The summed E-state index contributed by atoms with van der Waals surface area (Å²) in [4.78, 5) is 0.0819. The van der Waals surface area contributed by atoms with Crippen molar-refractivity contribution in [2.24, 2.45) is 0 Å². The van der Waals surface area contributed by atoms with E-state index in [4.69, 9.17) is 0 Å². The van der Waals surface area contributed by atoms with Crippen molar-refractivity contribution < 1.29 is 12.8 Å². The second-order valence-electron chi connectivity index (χ2n) is 6.03. The van der Waals surface area contributed by atoms with Crippen LogP contribution < -0.4 is 5.32 Å². The third-order valence-electron chi connectivity index (χ3n) is 3.99. The number of nitrogens with zero attached hydrogens (tertiary/aromatic N) is 1. The second kappa shape index (κ2) is 6.02. The van der Waals surface area contributed by atoms with Gasteiger partial charge in [-0.1, -0.05) is 13.0 Å². The van der Waals surface area contributed by atoms with Crippen molar-refractivity contribution in [1.82, 2.24) is 9.62 Å². The molecular weight excluding hydrogens is 291 g/mol. The normalized spacial score (nSPS) is 19.0. The Morgan fingerprint density at radius 1 is 1.38 bits per heavy atom. The lowest BCUT2D eigenvalue weighted by Gasteiger charge is -2.31. The minimum atomic E-state index is -3.68. The molecule has 1 N–H and O–H groups in total. The molecule has 1 aromatic rings. The molecule has 0 aromatic heterocycles. The van der Waals surface area contributed by atoms with E-state index in [2.05, 4.69) is 5.32 Å². The van der Waals surface area contributed by atoms with E-state index in [1.54, 1.807) is 6.07 Å². The summed E-state index contributed by atoms with van der Waals surface area (Å²) in [6.45, 7) is 7.42. The van der Waals surface area contributed by atoms with Crippen molar-refractivity contribution in [1.29, 1.82) is 0 Å². The highest BCUT2D eigenvalue weighted by Gasteiger charge is 2.41. The topological polar surface area (TPSA) is 49.4 Å². The molecule has 1 aromatic carbocycles. The second-order valence-corrected chi connectivity index (χ2v) is 7.86. The summed E-state index contributed by atoms with van der Waals surface area (Å²) >= 11 is 0. The molecule has 0 amide bonds. The largest absolute Gasteiger partial charge is 0.313 e. The van der Waals surface area contributed by atoms with Gasteiger partial charge in [0, 0.05) is 18.6 Å². The SMILES string of the molecule is CCNCc1ccc(F)cc1S(=O)(=O)N1CCCC1(C)C. The average Bonchev–Trinajstić information content (AvgIpc) is 2.77. The average molecular weight is 314 g/mol. The monoisotopic (exact) mass is 314 g/mol. The smallest absolute Gasteiger partial charge is 0.243 e. The standard InChI is InChI=1S/C15H23FN2O2S/c1-4-17-11-12-6-7-13(16)10-14(12)21(19,20)18-9-5-8-15(18,2)3/h6-7,10,17H,4-5,8-9,11H2,1-3H3. The van der Waals surface area contributed by atoms with Gasteiger partial charge in [-0.05, 0) is 50.9 Å². The van der Waals surface area contributed by atoms with Gasteiger partial charge in [-0.2, -0.15) is 4.31 Å². The van der Waals surface area contributed by atoms with Crippen LogP contribution in [-0.4, -0.2) is 31.4 Å². The zero-order valence-electron chi connectivity index (χ0n) is 12.8. The summed E-state index contributed by atoms with van der Waals surface area (Å²) in [6.07, 6.45) is 1.66. The molecular formula is C15H23FN2O2S. The van der Waals surface area contributed by atoms with Crippen LogP contribution in [0.15, 0.2) is 23.1 Å². The van der Waals surface area contributed by atoms with Crippen LogP contribution in [0.25, 0.3) is 0 Å². The quantitative estimate of drug-likeness (QED) is 0.908. The van der Waals surface area contributed by atoms with Crippen molar-refractivity contribution in [2.75, 3.05) is 13.1 Å². The van der Waals surface area contributed by atoms with Gasteiger partial charge >= 0.3 is 0 Å². The lowest BCUT2D eigenvalue weighted by atomic mass is 10.0. The lowest BCUT2D eigenvalue weighted by molar-refractivity contribution is 0.291. The van der Waals surface area contributed by atoms with Gasteiger partial charge in [-0.25, -0.2) is 12.8 Å². The van der Waals surface area contributed by atoms with Gasteiger partial charge < -0.3 is 5.32 Å². The van der Waals surface area contributed by atoms with Crippen LogP contribution in [0.5, 0.6) is 0 Å². The Morgan fingerprint density at radius 2 is 2.10 bits per heavy atom. The van der Waals surface area contributed by atoms with E-state index in [-0.39, 0.29) is 4.90 Å². The first-order chi connectivity index (χ1) is 9.79. The number of hydrogen-bond acceptors (Lipinski definition) is 3. The number of hydrogen-bond donors (Lipinski definition) is 1. The fraction of sp³-hybridized carbons (Fsp3) is 0.600. The van der Waals surface area contributed by atoms with E-state index < -0.39 is 21.4 Å². The minimum Gasteiger partial charge on any atom is -0.313 e. The number of rotatable bonds is 5. The highest BCUT2D eigenvalue weighted by atomic mass is 32.2. The molecule has 4 nitrogen and oxygen atoms in total. The molecule has 0 spiro atoms. The molecule has 1 heterocycles. The van der Waals surface area contributed by atoms with Crippen LogP contribution in [0.4, 0.5) is 4.39 Å². The Hall–Kier alpha value is -0.980. The summed E-state index contributed by atoms with van der Waals surface area (Å²) in [6, 6.07) is 3.99. The predicted molar refractivity (Wildman–Crippen MR) is 81.0 cm³/mol. The van der Waals surface area contributed by atoms with Gasteiger partial charge in [0.05, 0.1) is 4.90 Å². The minimum absolute atomic E-state index is 0.0819. The highest BCUT2D eigenvalue weighted by Crippen LogP contribution is 2.35. The van der Waals surface area contributed by atoms with Gasteiger partial charge in [0.2, 0.25) is 10.0 Å². The fourth-order valence-electron chi connectivity index (χ4n) is 2.82. The van der Waals surface area contributed by atoms with Crippen LogP contribution >= 0.6 is 0 Å². The van der Waals surface area contributed by atoms with Crippen molar-refractivity contribution >= 4 is 10.0 Å². The number of halogens is 1. The lowest BCUT2D eigenvalue weighted by Crippen LogP contribution is -2.43. The number of nitrogens with one attached hydrogen (secondary N) is 1. The van der Waals surface area contributed by atoms with E-state index in [1.807, 2.05) is 20.8 Å². The molecule has 1 fully saturated rings. The van der Waals surface area contributed by atoms with Crippen molar-refractivity contribution in [3.05, 3.63) is 29.6 Å². The van der Waals surface area contributed by atoms with Crippen LogP contribution in [0.2, 0.25) is 0 Å². The summed E-state index contributed by atoms with van der Waals surface area (Å²) in [7, 11) is -3.68. The molecule has 0 unspecified atom stereocenters. The summed E-state index contributed by atoms with van der Waals surface area (Å²) in [5, 5.41) is 3.10. The maximum absolute atomic E-state index is 13.6. The van der Waals surface area contributed by atoms with E-state index in [0.717, 1.165) is 25.5 Å². The Kier molecular flexibility index (Phi) is 4.70. The van der Waals surface area contributed by atoms with Gasteiger partial charge in [0.25, 0.3) is 0 Å². The van der Waals surface area contributed by atoms with E-state index in [0.29, 0.717) is 18.7 Å². The Balaban J connectivity index is 2.46. The van der Waals surface area contributed by atoms with Gasteiger partial charge in [-0.3, -0.25) is 0 Å². The highest BCUT2D eigenvalue weighted by molar-refractivity contribution is 7.89. The molecule has 6 heteroatoms. The number of benzene rings is 1. The summed E-state index contributed by atoms with van der Waals surface area (Å²) in [5.74, 6) is -0.522. The molecule has 1 aliphatic rings. The van der Waals surface area contributed by atoms with Crippen LogP contribution in [0.3, 0.4) is 0 Å². The molecule has 21 heavy (non-hydrogen) atoms. The molecule has 0 bridgehead atoms. The molecule has 0 saturated carbocycles. The van der Waals surface area contributed by atoms with Gasteiger partial charge in [0.1, 0.15) is 5.82 Å². The van der Waals surface area contributed by atoms with E-state index in [9.17, 15) is 12.8 Å². The van der Waals surface area contributed by atoms with Gasteiger partial charge in [0.15, 0.2) is 0 Å². The fourth-order valence-corrected chi connectivity index (χ4v) is 4.90. The zero-order valence-corrected chi connectivity index (χ0v) is 13.6.